The standard InChI is InChI=1S/C22H21F5N6O2/c1-32(12-4-11-8-21(23,24)18(5-12)29-11)19-3-2-15(30-31-19)13-6-16-14(7-17(13)34)20(35)33(10-28-16)9-22(25,26)27/h2-3,6-7,10-12,18,29,34H,4-5,8-9H2,1H3/t11-,12+,18+/m0/s1. The molecule has 0 amide bonds. The van der Waals surface area contributed by atoms with Crippen molar-refractivity contribution in [3.8, 4) is 17.0 Å². The monoisotopic (exact) mass is 496 g/mol. The normalized spacial score (nSPS) is 23.5. The first-order valence-electron chi connectivity index (χ1n) is 10.9. The zero-order valence-corrected chi connectivity index (χ0v) is 18.4. The van der Waals surface area contributed by atoms with Crippen molar-refractivity contribution in [2.45, 2.75) is 56.0 Å². The summed E-state index contributed by atoms with van der Waals surface area (Å²) in [5, 5.41) is 21.5. The fraction of sp³-hybridized carbons (Fsp3) is 0.455. The number of halogens is 5. The highest BCUT2D eigenvalue weighted by Gasteiger charge is 2.53. The van der Waals surface area contributed by atoms with Crippen LogP contribution < -0.4 is 15.8 Å². The highest BCUT2D eigenvalue weighted by Crippen LogP contribution is 2.41. The molecule has 3 atom stereocenters. The van der Waals surface area contributed by atoms with Crippen molar-refractivity contribution in [2.75, 3.05) is 11.9 Å². The SMILES string of the molecule is CN(c1ccc(-c2cc3ncn(CC(F)(F)F)c(=O)c3cc2O)nn1)[C@@H]1C[C@H]2CC(F)(F)[C@@H](C1)N2. The molecule has 0 radical (unpaired) electrons. The number of phenolic OH excluding ortho intramolecular Hbond substituents is 1. The number of aromatic hydroxyl groups is 1. The van der Waals surface area contributed by atoms with Crippen molar-refractivity contribution in [2.24, 2.45) is 0 Å². The summed E-state index contributed by atoms with van der Waals surface area (Å²) in [7, 11) is 1.76. The Labute approximate surface area is 195 Å². The van der Waals surface area contributed by atoms with Crippen molar-refractivity contribution in [3.05, 3.63) is 40.9 Å². The van der Waals surface area contributed by atoms with Gasteiger partial charge in [0.2, 0.25) is 0 Å². The van der Waals surface area contributed by atoms with Crippen LogP contribution in [-0.4, -0.2) is 62.1 Å². The second kappa shape index (κ2) is 8.11. The number of fused-ring (bicyclic) bond motifs is 3. The van der Waals surface area contributed by atoms with Crippen LogP contribution in [0.5, 0.6) is 5.75 Å². The number of alkyl halides is 5. The Morgan fingerprint density at radius 3 is 2.66 bits per heavy atom. The zero-order chi connectivity index (χ0) is 25.1. The number of piperidine rings is 1. The van der Waals surface area contributed by atoms with Gasteiger partial charge < -0.3 is 15.3 Å². The van der Waals surface area contributed by atoms with Gasteiger partial charge in [-0.1, -0.05) is 0 Å². The number of hydrogen-bond acceptors (Lipinski definition) is 7. The lowest BCUT2D eigenvalue weighted by Crippen LogP contribution is -2.49. The fourth-order valence-electron chi connectivity index (χ4n) is 4.89. The number of anilines is 1. The molecule has 8 nitrogen and oxygen atoms in total. The van der Waals surface area contributed by atoms with Gasteiger partial charge in [0.1, 0.15) is 12.3 Å². The van der Waals surface area contributed by atoms with Gasteiger partial charge in [0.05, 0.1) is 29.0 Å². The van der Waals surface area contributed by atoms with Crippen LogP contribution in [0, 0.1) is 0 Å². The molecule has 2 saturated heterocycles. The minimum atomic E-state index is -4.60. The number of aromatic nitrogens is 4. The van der Waals surface area contributed by atoms with Crippen LogP contribution in [0.15, 0.2) is 35.4 Å². The van der Waals surface area contributed by atoms with Gasteiger partial charge in [-0.2, -0.15) is 13.2 Å². The lowest BCUT2D eigenvalue weighted by atomic mass is 9.98. The Morgan fingerprint density at radius 1 is 1.23 bits per heavy atom. The first-order valence-corrected chi connectivity index (χ1v) is 10.9. The lowest BCUT2D eigenvalue weighted by molar-refractivity contribution is -0.141. The molecule has 35 heavy (non-hydrogen) atoms. The Morgan fingerprint density at radius 2 is 2.00 bits per heavy atom. The third kappa shape index (κ3) is 4.40. The summed E-state index contributed by atoms with van der Waals surface area (Å²) < 4.78 is 66.5. The maximum atomic E-state index is 14.0. The summed E-state index contributed by atoms with van der Waals surface area (Å²) in [5.74, 6) is -2.63. The molecule has 0 unspecified atom stereocenters. The third-order valence-electron chi connectivity index (χ3n) is 6.66. The highest BCUT2D eigenvalue weighted by molar-refractivity contribution is 5.86. The quantitative estimate of drug-likeness (QED) is 0.536. The molecular formula is C22H21F5N6O2. The van der Waals surface area contributed by atoms with Gasteiger partial charge in [-0.15, -0.1) is 10.2 Å². The van der Waals surface area contributed by atoms with Crippen LogP contribution in [-0.2, 0) is 6.54 Å². The average Bonchev–Trinajstić information content (AvgIpc) is 3.00. The number of phenols is 1. The molecule has 0 aliphatic carbocycles. The number of benzene rings is 1. The minimum absolute atomic E-state index is 0.0929. The molecule has 1 aromatic carbocycles. The summed E-state index contributed by atoms with van der Waals surface area (Å²) in [6.45, 7) is -1.49. The van der Waals surface area contributed by atoms with Gasteiger partial charge in [0.15, 0.2) is 5.82 Å². The van der Waals surface area contributed by atoms with Crippen LogP contribution >= 0.6 is 0 Å². The van der Waals surface area contributed by atoms with Gasteiger partial charge in [0, 0.05) is 31.1 Å². The van der Waals surface area contributed by atoms with Gasteiger partial charge in [-0.05, 0) is 37.1 Å². The first-order chi connectivity index (χ1) is 16.4. The lowest BCUT2D eigenvalue weighted by Gasteiger charge is -2.36. The molecule has 186 valence electrons. The van der Waals surface area contributed by atoms with E-state index in [9.17, 15) is 31.9 Å². The summed E-state index contributed by atoms with van der Waals surface area (Å²) in [5.41, 5.74) is -0.395. The van der Waals surface area contributed by atoms with E-state index in [0.29, 0.717) is 16.8 Å². The van der Waals surface area contributed by atoms with Crippen LogP contribution in [0.1, 0.15) is 19.3 Å². The molecule has 2 N–H and O–H groups in total. The second-order valence-electron chi connectivity index (χ2n) is 9.07. The van der Waals surface area contributed by atoms with Crippen LogP contribution in [0.25, 0.3) is 22.2 Å². The van der Waals surface area contributed by atoms with Gasteiger partial charge >= 0.3 is 6.18 Å². The topological polar surface area (TPSA) is 96.2 Å². The Bertz CT molecular complexity index is 1330. The predicted molar refractivity (Wildman–Crippen MR) is 116 cm³/mol. The maximum absolute atomic E-state index is 14.0. The van der Waals surface area contributed by atoms with Crippen molar-refractivity contribution in [1.29, 1.82) is 0 Å². The van der Waals surface area contributed by atoms with Gasteiger partial charge in [0.25, 0.3) is 11.5 Å². The number of nitrogens with one attached hydrogen (secondary N) is 1. The Hall–Kier alpha value is -3.35. The number of hydrogen-bond donors (Lipinski definition) is 2. The molecule has 2 aliphatic heterocycles. The summed E-state index contributed by atoms with van der Waals surface area (Å²) >= 11 is 0. The van der Waals surface area contributed by atoms with Crippen molar-refractivity contribution >= 4 is 16.7 Å². The van der Waals surface area contributed by atoms with E-state index in [0.717, 1.165) is 12.4 Å². The summed E-state index contributed by atoms with van der Waals surface area (Å²) in [6, 6.07) is 4.35. The van der Waals surface area contributed by atoms with Gasteiger partial charge in [-0.3, -0.25) is 9.36 Å². The van der Waals surface area contributed by atoms with E-state index >= 15 is 0 Å². The van der Waals surface area contributed by atoms with Crippen molar-refractivity contribution < 1.29 is 27.1 Å². The number of nitrogens with zero attached hydrogens (tertiary/aromatic N) is 5. The molecule has 0 saturated carbocycles. The second-order valence-corrected chi connectivity index (χ2v) is 9.07. The minimum Gasteiger partial charge on any atom is -0.507 e. The molecule has 2 aromatic heterocycles. The Balaban J connectivity index is 1.39. The third-order valence-corrected chi connectivity index (χ3v) is 6.66. The van der Waals surface area contributed by atoms with E-state index in [1.54, 1.807) is 19.2 Å². The average molecular weight is 496 g/mol. The van der Waals surface area contributed by atoms with Crippen molar-refractivity contribution in [3.63, 3.8) is 0 Å². The van der Waals surface area contributed by atoms with E-state index in [2.05, 4.69) is 20.5 Å². The smallest absolute Gasteiger partial charge is 0.406 e. The molecule has 5 rings (SSSR count). The molecule has 2 aliphatic rings. The van der Waals surface area contributed by atoms with E-state index in [-0.39, 0.29) is 52.8 Å². The van der Waals surface area contributed by atoms with Crippen LogP contribution in [0.4, 0.5) is 27.8 Å². The Kier molecular flexibility index (Phi) is 5.42. The van der Waals surface area contributed by atoms with E-state index in [1.807, 2.05) is 4.90 Å². The summed E-state index contributed by atoms with van der Waals surface area (Å²) in [6.07, 6.45) is -3.15. The molecule has 4 heterocycles. The van der Waals surface area contributed by atoms with Crippen LogP contribution in [0.3, 0.4) is 0 Å². The predicted octanol–water partition coefficient (Wildman–Crippen LogP) is 3.09. The first kappa shape index (κ1) is 23.4. The largest absolute Gasteiger partial charge is 0.507 e. The molecule has 3 aromatic rings. The molecular weight excluding hydrogens is 475 g/mol. The highest BCUT2D eigenvalue weighted by atomic mass is 19.4. The fourth-order valence-corrected chi connectivity index (χ4v) is 4.89. The van der Waals surface area contributed by atoms with Crippen molar-refractivity contribution in [1.82, 2.24) is 25.1 Å². The number of rotatable bonds is 4. The van der Waals surface area contributed by atoms with Gasteiger partial charge in [-0.25, -0.2) is 13.8 Å². The maximum Gasteiger partial charge on any atom is 0.406 e. The summed E-state index contributed by atoms with van der Waals surface area (Å²) in [4.78, 5) is 18.1. The van der Waals surface area contributed by atoms with Crippen LogP contribution in [0.2, 0.25) is 0 Å². The molecule has 2 bridgehead atoms. The zero-order valence-electron chi connectivity index (χ0n) is 18.4. The molecule has 13 heteroatoms. The molecule has 0 spiro atoms. The van der Waals surface area contributed by atoms with E-state index < -0.39 is 30.2 Å². The van der Waals surface area contributed by atoms with E-state index in [4.69, 9.17) is 0 Å². The van der Waals surface area contributed by atoms with E-state index in [1.165, 1.54) is 6.07 Å². The molecule has 2 fully saturated rings.